The van der Waals surface area contributed by atoms with Gasteiger partial charge in [-0.2, -0.15) is 0 Å². The molecular formula is C11H17N3O3S. The van der Waals surface area contributed by atoms with Crippen molar-refractivity contribution in [3.05, 3.63) is 16.1 Å². The van der Waals surface area contributed by atoms with Crippen molar-refractivity contribution in [3.63, 3.8) is 0 Å². The van der Waals surface area contributed by atoms with Gasteiger partial charge in [0.2, 0.25) is 0 Å². The molecule has 1 rings (SSSR count). The zero-order chi connectivity index (χ0) is 13.7. The number of carbonyl (C=O) groups is 2. The molecule has 18 heavy (non-hydrogen) atoms. The van der Waals surface area contributed by atoms with E-state index in [1.54, 1.807) is 19.5 Å². The summed E-state index contributed by atoms with van der Waals surface area (Å²) in [6.07, 6.45) is 0.356. The molecule has 0 saturated heterocycles. The first-order valence-corrected chi connectivity index (χ1v) is 6.47. The molecule has 0 radical (unpaired) electrons. The number of nitrogens with one attached hydrogen (secondary N) is 1. The van der Waals surface area contributed by atoms with Crippen molar-refractivity contribution in [2.75, 3.05) is 7.05 Å². The number of amides is 2. The van der Waals surface area contributed by atoms with Crippen LogP contribution in [-0.2, 0) is 11.3 Å². The summed E-state index contributed by atoms with van der Waals surface area (Å²) in [5.74, 6) is -1.02. The normalized spacial score (nSPS) is 11.9. The minimum absolute atomic E-state index is 0.356. The summed E-state index contributed by atoms with van der Waals surface area (Å²) in [4.78, 5) is 29.2. The van der Waals surface area contributed by atoms with Gasteiger partial charge in [0.15, 0.2) is 0 Å². The van der Waals surface area contributed by atoms with E-state index >= 15 is 0 Å². The van der Waals surface area contributed by atoms with Crippen LogP contribution in [0.2, 0.25) is 0 Å². The number of aryl methyl sites for hydroxylation is 1. The molecule has 0 spiro atoms. The van der Waals surface area contributed by atoms with Gasteiger partial charge in [0, 0.05) is 11.9 Å². The molecule has 1 aromatic heterocycles. The summed E-state index contributed by atoms with van der Waals surface area (Å²) in [6, 6.07) is -1.24. The molecule has 0 aliphatic carbocycles. The predicted molar refractivity (Wildman–Crippen MR) is 68.6 cm³/mol. The van der Waals surface area contributed by atoms with E-state index in [1.165, 1.54) is 16.2 Å². The van der Waals surface area contributed by atoms with E-state index in [-0.39, 0.29) is 0 Å². The van der Waals surface area contributed by atoms with Crippen molar-refractivity contribution in [2.24, 2.45) is 0 Å². The van der Waals surface area contributed by atoms with Crippen LogP contribution in [0.4, 0.5) is 4.79 Å². The Morgan fingerprint density at radius 1 is 1.61 bits per heavy atom. The Morgan fingerprint density at radius 2 is 2.28 bits per heavy atom. The molecule has 0 saturated carbocycles. The molecule has 2 N–H and O–H groups in total. The first-order chi connectivity index (χ1) is 8.45. The zero-order valence-electron chi connectivity index (χ0n) is 10.6. The van der Waals surface area contributed by atoms with Crippen LogP contribution < -0.4 is 5.32 Å². The summed E-state index contributed by atoms with van der Waals surface area (Å²) in [7, 11) is 1.63. The standard InChI is InChI=1S/C11H17N3O3S/c1-4-8(10(15)16)13-11(17)14(3)5-9-7(2)12-6-18-9/h6,8H,4-5H2,1-3H3,(H,13,17)(H,15,16)/t8-/m1/s1. The van der Waals surface area contributed by atoms with Gasteiger partial charge in [0.1, 0.15) is 6.04 Å². The Hall–Kier alpha value is -1.63. The van der Waals surface area contributed by atoms with Crippen molar-refractivity contribution in [1.29, 1.82) is 0 Å². The smallest absolute Gasteiger partial charge is 0.326 e. The minimum atomic E-state index is -1.02. The number of aromatic nitrogens is 1. The lowest BCUT2D eigenvalue weighted by Crippen LogP contribution is -2.46. The van der Waals surface area contributed by atoms with E-state index in [0.717, 1.165) is 10.6 Å². The number of thiazole rings is 1. The van der Waals surface area contributed by atoms with E-state index in [4.69, 9.17) is 5.11 Å². The van der Waals surface area contributed by atoms with Gasteiger partial charge >= 0.3 is 12.0 Å². The monoisotopic (exact) mass is 271 g/mol. The second-order valence-corrected chi connectivity index (χ2v) is 4.90. The SMILES string of the molecule is CC[C@@H](NC(=O)N(C)Cc1scnc1C)C(=O)O. The lowest BCUT2D eigenvalue weighted by molar-refractivity contribution is -0.139. The lowest BCUT2D eigenvalue weighted by Gasteiger charge is -2.20. The van der Waals surface area contributed by atoms with Crippen LogP contribution in [0, 0.1) is 6.92 Å². The molecule has 0 aromatic carbocycles. The van der Waals surface area contributed by atoms with Crippen molar-refractivity contribution in [2.45, 2.75) is 32.9 Å². The maximum atomic E-state index is 11.8. The molecule has 1 heterocycles. The van der Waals surface area contributed by atoms with Gasteiger partial charge < -0.3 is 15.3 Å². The van der Waals surface area contributed by atoms with E-state index in [1.807, 2.05) is 6.92 Å². The van der Waals surface area contributed by atoms with Crippen molar-refractivity contribution < 1.29 is 14.7 Å². The fraction of sp³-hybridized carbons (Fsp3) is 0.545. The highest BCUT2D eigenvalue weighted by Crippen LogP contribution is 2.14. The van der Waals surface area contributed by atoms with Crippen LogP contribution in [0.15, 0.2) is 5.51 Å². The van der Waals surface area contributed by atoms with Crippen LogP contribution in [-0.4, -0.2) is 40.1 Å². The van der Waals surface area contributed by atoms with Crippen molar-refractivity contribution in [1.82, 2.24) is 15.2 Å². The Balaban J connectivity index is 2.56. The van der Waals surface area contributed by atoms with Gasteiger partial charge in [-0.05, 0) is 13.3 Å². The first-order valence-electron chi connectivity index (χ1n) is 5.59. The summed E-state index contributed by atoms with van der Waals surface area (Å²) >= 11 is 1.48. The molecule has 0 aliphatic heterocycles. The quantitative estimate of drug-likeness (QED) is 0.849. The van der Waals surface area contributed by atoms with E-state index in [9.17, 15) is 9.59 Å². The number of rotatable bonds is 5. The topological polar surface area (TPSA) is 82.5 Å². The largest absolute Gasteiger partial charge is 0.480 e. The third-order valence-corrected chi connectivity index (χ3v) is 3.50. The fourth-order valence-electron chi connectivity index (χ4n) is 1.36. The maximum Gasteiger partial charge on any atom is 0.326 e. The Labute approximate surface area is 110 Å². The summed E-state index contributed by atoms with van der Waals surface area (Å²) in [5.41, 5.74) is 2.62. The second-order valence-electron chi connectivity index (χ2n) is 3.97. The van der Waals surface area contributed by atoms with Crippen molar-refractivity contribution >= 4 is 23.3 Å². The molecule has 0 aliphatic rings. The molecule has 1 aromatic rings. The average molecular weight is 271 g/mol. The Morgan fingerprint density at radius 3 is 2.72 bits per heavy atom. The number of urea groups is 1. The van der Waals surface area contributed by atoms with Gasteiger partial charge in [-0.25, -0.2) is 14.6 Å². The lowest BCUT2D eigenvalue weighted by atomic mass is 10.2. The molecule has 1 atom stereocenters. The molecule has 0 bridgehead atoms. The maximum absolute atomic E-state index is 11.8. The number of carboxylic acids is 1. The number of nitrogens with zero attached hydrogens (tertiary/aromatic N) is 2. The Kier molecular flexibility index (Phi) is 5.08. The fourth-order valence-corrected chi connectivity index (χ4v) is 2.19. The second kappa shape index (κ2) is 6.34. The third kappa shape index (κ3) is 3.69. The van der Waals surface area contributed by atoms with E-state index < -0.39 is 18.0 Å². The molecule has 0 unspecified atom stereocenters. The van der Waals surface area contributed by atoms with Gasteiger partial charge in [-0.15, -0.1) is 11.3 Å². The first kappa shape index (κ1) is 14.4. The number of hydrogen-bond acceptors (Lipinski definition) is 4. The molecular weight excluding hydrogens is 254 g/mol. The highest BCUT2D eigenvalue weighted by Gasteiger charge is 2.20. The number of carbonyl (C=O) groups excluding carboxylic acids is 1. The van der Waals surface area contributed by atoms with Crippen LogP contribution in [0.25, 0.3) is 0 Å². The van der Waals surface area contributed by atoms with Crippen LogP contribution in [0.1, 0.15) is 23.9 Å². The number of carboxylic acid groups (broad SMARTS) is 1. The summed E-state index contributed by atoms with van der Waals surface area (Å²) in [5, 5.41) is 11.3. The number of aliphatic carboxylic acids is 1. The van der Waals surface area contributed by atoms with Crippen LogP contribution >= 0.6 is 11.3 Å². The minimum Gasteiger partial charge on any atom is -0.480 e. The average Bonchev–Trinajstić information content (AvgIpc) is 2.71. The third-order valence-electron chi connectivity index (χ3n) is 2.58. The molecule has 7 heteroatoms. The zero-order valence-corrected chi connectivity index (χ0v) is 11.5. The summed E-state index contributed by atoms with van der Waals surface area (Å²) in [6.45, 7) is 4.02. The molecule has 6 nitrogen and oxygen atoms in total. The van der Waals surface area contributed by atoms with Gasteiger partial charge in [0.25, 0.3) is 0 Å². The van der Waals surface area contributed by atoms with E-state index in [2.05, 4.69) is 10.3 Å². The number of hydrogen-bond donors (Lipinski definition) is 2. The van der Waals surface area contributed by atoms with Crippen LogP contribution in [0.3, 0.4) is 0 Å². The van der Waals surface area contributed by atoms with Gasteiger partial charge in [-0.1, -0.05) is 6.92 Å². The molecule has 100 valence electrons. The van der Waals surface area contributed by atoms with E-state index in [0.29, 0.717) is 13.0 Å². The van der Waals surface area contributed by atoms with Crippen LogP contribution in [0.5, 0.6) is 0 Å². The predicted octanol–water partition coefficient (Wildman–Crippen LogP) is 1.46. The van der Waals surface area contributed by atoms with Gasteiger partial charge in [0.05, 0.1) is 17.7 Å². The van der Waals surface area contributed by atoms with Crippen molar-refractivity contribution in [3.8, 4) is 0 Å². The summed E-state index contributed by atoms with van der Waals surface area (Å²) < 4.78 is 0. The van der Waals surface area contributed by atoms with Gasteiger partial charge in [-0.3, -0.25) is 0 Å². The highest BCUT2D eigenvalue weighted by molar-refractivity contribution is 7.09. The molecule has 2 amide bonds. The highest BCUT2D eigenvalue weighted by atomic mass is 32.1. The molecule has 0 fully saturated rings. The Bertz CT molecular complexity index is 433.